The number of ether oxygens (including phenoxy) is 1. The Bertz CT molecular complexity index is 435. The van der Waals surface area contributed by atoms with E-state index in [0.717, 1.165) is 4.47 Å². The fourth-order valence-corrected chi connectivity index (χ4v) is 2.08. The van der Waals surface area contributed by atoms with Crippen LogP contribution in [0.1, 0.15) is 37.6 Å². The van der Waals surface area contributed by atoms with Gasteiger partial charge in [0.1, 0.15) is 5.75 Å². The lowest BCUT2D eigenvalue weighted by atomic mass is 10.1. The number of aliphatic hydroxyl groups excluding tert-OH is 1. The monoisotopic (exact) mass is 329 g/mol. The Hall–Kier alpha value is -1.07. The Morgan fingerprint density at radius 3 is 2.63 bits per heavy atom. The van der Waals surface area contributed by atoms with Gasteiger partial charge in [-0.3, -0.25) is 4.79 Å². The first-order valence-corrected chi connectivity index (χ1v) is 7.10. The topological polar surface area (TPSA) is 58.6 Å². The van der Waals surface area contributed by atoms with E-state index < -0.39 is 0 Å². The number of nitrogens with one attached hydrogen (secondary N) is 1. The first-order chi connectivity index (χ1) is 8.92. The van der Waals surface area contributed by atoms with Gasteiger partial charge in [-0.15, -0.1) is 0 Å². The van der Waals surface area contributed by atoms with Crippen LogP contribution in [-0.4, -0.2) is 29.8 Å². The van der Waals surface area contributed by atoms with Crippen LogP contribution in [0, 0.1) is 0 Å². The molecule has 0 aliphatic rings. The molecule has 0 radical (unpaired) electrons. The third-order valence-electron chi connectivity index (χ3n) is 2.44. The number of halogens is 1. The lowest BCUT2D eigenvalue weighted by Gasteiger charge is -2.14. The zero-order chi connectivity index (χ0) is 14.4. The molecule has 5 heteroatoms. The van der Waals surface area contributed by atoms with E-state index in [1.54, 1.807) is 12.1 Å². The number of hydrogen-bond acceptors (Lipinski definition) is 3. The Balaban J connectivity index is 2.81. The molecule has 0 saturated heterocycles. The summed E-state index contributed by atoms with van der Waals surface area (Å²) < 4.78 is 6.39. The Morgan fingerprint density at radius 2 is 2.05 bits per heavy atom. The predicted molar refractivity (Wildman–Crippen MR) is 78.5 cm³/mol. The summed E-state index contributed by atoms with van der Waals surface area (Å²) in [6.45, 7) is 5.78. The summed E-state index contributed by atoms with van der Waals surface area (Å²) in [4.78, 5) is 12.1. The van der Waals surface area contributed by atoms with Gasteiger partial charge in [-0.2, -0.15) is 0 Å². The molecule has 0 spiro atoms. The third-order valence-corrected chi connectivity index (χ3v) is 2.90. The molecule has 19 heavy (non-hydrogen) atoms. The highest BCUT2D eigenvalue weighted by Crippen LogP contribution is 2.22. The normalized spacial score (nSPS) is 12.3. The van der Waals surface area contributed by atoms with Gasteiger partial charge in [-0.25, -0.2) is 0 Å². The lowest BCUT2D eigenvalue weighted by molar-refractivity contribution is 0.0933. The van der Waals surface area contributed by atoms with Crippen LogP contribution in [0.4, 0.5) is 0 Å². The van der Waals surface area contributed by atoms with Crippen molar-refractivity contribution in [3.8, 4) is 5.75 Å². The van der Waals surface area contributed by atoms with Crippen molar-refractivity contribution in [2.45, 2.75) is 39.3 Å². The molecule has 1 aromatic carbocycles. The van der Waals surface area contributed by atoms with Crippen LogP contribution in [0.5, 0.6) is 5.75 Å². The van der Waals surface area contributed by atoms with Crippen LogP contribution in [0.25, 0.3) is 0 Å². The van der Waals surface area contributed by atoms with Crippen LogP contribution in [0.3, 0.4) is 0 Å². The second-order valence-electron chi connectivity index (χ2n) is 4.73. The minimum atomic E-state index is -0.171. The Kier molecular flexibility index (Phi) is 6.31. The molecular formula is C14H20BrNO3. The Labute approximate surface area is 122 Å². The standard InChI is InChI=1S/C14H20BrNO3/c1-9(2)19-13-7-11(6-12(15)8-13)14(18)16-10(3)4-5-17/h6-10,17H,4-5H2,1-3H3,(H,16,18). The van der Waals surface area contributed by atoms with E-state index in [9.17, 15) is 4.79 Å². The van der Waals surface area contributed by atoms with E-state index in [1.807, 2.05) is 26.8 Å². The van der Waals surface area contributed by atoms with Crippen molar-refractivity contribution in [1.29, 1.82) is 0 Å². The van der Waals surface area contributed by atoms with Crippen molar-refractivity contribution >= 4 is 21.8 Å². The number of carbonyl (C=O) groups is 1. The molecule has 1 aromatic rings. The second-order valence-corrected chi connectivity index (χ2v) is 5.64. The molecule has 2 N–H and O–H groups in total. The predicted octanol–water partition coefficient (Wildman–Crippen LogP) is 2.74. The summed E-state index contributed by atoms with van der Waals surface area (Å²) in [7, 11) is 0. The summed E-state index contributed by atoms with van der Waals surface area (Å²) in [5, 5.41) is 11.7. The molecule has 1 unspecified atom stereocenters. The summed E-state index contributed by atoms with van der Waals surface area (Å²) in [6, 6.07) is 5.22. The fraction of sp³-hybridized carbons (Fsp3) is 0.500. The zero-order valence-corrected chi connectivity index (χ0v) is 13.0. The molecule has 106 valence electrons. The molecule has 0 aliphatic heterocycles. The van der Waals surface area contributed by atoms with Gasteiger partial charge in [0.2, 0.25) is 0 Å². The quantitative estimate of drug-likeness (QED) is 0.843. The van der Waals surface area contributed by atoms with Gasteiger partial charge in [-0.05, 0) is 45.4 Å². The van der Waals surface area contributed by atoms with Crippen molar-refractivity contribution in [2.75, 3.05) is 6.61 Å². The first kappa shape index (κ1) is 16.0. The molecule has 0 aliphatic carbocycles. The van der Waals surface area contributed by atoms with Gasteiger partial charge in [0.25, 0.3) is 5.91 Å². The molecule has 1 amide bonds. The van der Waals surface area contributed by atoms with E-state index in [0.29, 0.717) is 17.7 Å². The van der Waals surface area contributed by atoms with Gasteiger partial charge in [0.05, 0.1) is 6.10 Å². The molecule has 0 heterocycles. The fourth-order valence-electron chi connectivity index (χ4n) is 1.61. The highest BCUT2D eigenvalue weighted by Gasteiger charge is 2.12. The van der Waals surface area contributed by atoms with Crippen molar-refractivity contribution in [3.63, 3.8) is 0 Å². The highest BCUT2D eigenvalue weighted by molar-refractivity contribution is 9.10. The Morgan fingerprint density at radius 1 is 1.37 bits per heavy atom. The van der Waals surface area contributed by atoms with E-state index in [1.165, 1.54) is 0 Å². The largest absolute Gasteiger partial charge is 0.491 e. The number of benzene rings is 1. The summed E-state index contributed by atoms with van der Waals surface area (Å²) >= 11 is 3.37. The van der Waals surface area contributed by atoms with E-state index in [-0.39, 0.29) is 24.7 Å². The van der Waals surface area contributed by atoms with E-state index >= 15 is 0 Å². The van der Waals surface area contributed by atoms with Crippen LogP contribution >= 0.6 is 15.9 Å². The molecule has 0 saturated carbocycles. The summed E-state index contributed by atoms with van der Waals surface area (Å²) in [5.41, 5.74) is 0.537. The first-order valence-electron chi connectivity index (χ1n) is 6.31. The third kappa shape index (κ3) is 5.61. The maximum Gasteiger partial charge on any atom is 0.251 e. The molecule has 1 rings (SSSR count). The van der Waals surface area contributed by atoms with Crippen molar-refractivity contribution in [2.24, 2.45) is 0 Å². The number of carbonyl (C=O) groups excluding carboxylic acids is 1. The van der Waals surface area contributed by atoms with Gasteiger partial charge in [-0.1, -0.05) is 15.9 Å². The maximum absolute atomic E-state index is 12.1. The number of aliphatic hydroxyl groups is 1. The van der Waals surface area contributed by atoms with Gasteiger partial charge in [0, 0.05) is 22.7 Å². The number of rotatable bonds is 6. The minimum absolute atomic E-state index is 0.0542. The lowest BCUT2D eigenvalue weighted by Crippen LogP contribution is -2.33. The SMILES string of the molecule is CC(CCO)NC(=O)c1cc(Br)cc(OC(C)C)c1. The number of hydrogen-bond donors (Lipinski definition) is 2. The molecule has 1 atom stereocenters. The average molecular weight is 330 g/mol. The van der Waals surface area contributed by atoms with Crippen molar-refractivity contribution in [1.82, 2.24) is 5.32 Å². The second kappa shape index (κ2) is 7.50. The maximum atomic E-state index is 12.1. The molecule has 0 aromatic heterocycles. The van der Waals surface area contributed by atoms with Crippen LogP contribution in [0.15, 0.2) is 22.7 Å². The number of amides is 1. The zero-order valence-electron chi connectivity index (χ0n) is 11.4. The highest BCUT2D eigenvalue weighted by atomic mass is 79.9. The van der Waals surface area contributed by atoms with Gasteiger partial charge < -0.3 is 15.2 Å². The van der Waals surface area contributed by atoms with Gasteiger partial charge in [0.15, 0.2) is 0 Å². The minimum Gasteiger partial charge on any atom is -0.491 e. The summed E-state index contributed by atoms with van der Waals surface area (Å²) in [6.07, 6.45) is 0.591. The summed E-state index contributed by atoms with van der Waals surface area (Å²) in [5.74, 6) is 0.486. The van der Waals surface area contributed by atoms with Crippen LogP contribution < -0.4 is 10.1 Å². The van der Waals surface area contributed by atoms with E-state index in [2.05, 4.69) is 21.2 Å². The molecule has 4 nitrogen and oxygen atoms in total. The van der Waals surface area contributed by atoms with Crippen LogP contribution in [-0.2, 0) is 0 Å². The average Bonchev–Trinajstić information content (AvgIpc) is 2.27. The van der Waals surface area contributed by atoms with Crippen molar-refractivity contribution in [3.05, 3.63) is 28.2 Å². The van der Waals surface area contributed by atoms with Gasteiger partial charge >= 0.3 is 0 Å². The molecule has 0 fully saturated rings. The van der Waals surface area contributed by atoms with Crippen molar-refractivity contribution < 1.29 is 14.6 Å². The van der Waals surface area contributed by atoms with E-state index in [4.69, 9.17) is 9.84 Å². The smallest absolute Gasteiger partial charge is 0.251 e. The van der Waals surface area contributed by atoms with Crippen LogP contribution in [0.2, 0.25) is 0 Å². The molecular weight excluding hydrogens is 310 g/mol. The molecule has 0 bridgehead atoms.